The van der Waals surface area contributed by atoms with Crippen molar-refractivity contribution >= 4 is 16.8 Å². The van der Waals surface area contributed by atoms with E-state index in [1.54, 1.807) is 31.3 Å². The number of hydrogen-bond acceptors (Lipinski definition) is 6. The van der Waals surface area contributed by atoms with Crippen molar-refractivity contribution in [2.75, 3.05) is 28.3 Å². The molecule has 0 fully saturated rings. The van der Waals surface area contributed by atoms with Crippen LogP contribution in [0.1, 0.15) is 10.4 Å². The molecule has 112 valence electrons. The van der Waals surface area contributed by atoms with Gasteiger partial charge in [0.25, 0.3) is 0 Å². The number of furan rings is 1. The largest absolute Gasteiger partial charge is 0.504 e. The molecule has 1 heterocycles. The summed E-state index contributed by atoms with van der Waals surface area (Å²) in [5, 5.41) is 10.9. The van der Waals surface area contributed by atoms with Crippen molar-refractivity contribution in [3.8, 4) is 17.2 Å². The monoisotopic (exact) mass is 291 g/mol. The molecule has 6 nitrogen and oxygen atoms in total. The number of nitrogens with zero attached hydrogens (tertiary/aromatic N) is 1. The van der Waals surface area contributed by atoms with Crippen LogP contribution in [0.4, 0.5) is 0 Å². The molecular formula is C15H17NO5. The Balaban J connectivity index is 2.71. The lowest BCUT2D eigenvalue weighted by Gasteiger charge is -2.13. The molecule has 0 spiro atoms. The number of benzene rings is 1. The molecule has 21 heavy (non-hydrogen) atoms. The van der Waals surface area contributed by atoms with Crippen molar-refractivity contribution in [3.05, 3.63) is 30.2 Å². The van der Waals surface area contributed by atoms with Gasteiger partial charge in [0.15, 0.2) is 17.1 Å². The summed E-state index contributed by atoms with van der Waals surface area (Å²) >= 11 is 0. The second-order valence-corrected chi connectivity index (χ2v) is 4.60. The molecule has 0 atom stereocenters. The van der Waals surface area contributed by atoms with Crippen molar-refractivity contribution in [3.63, 3.8) is 0 Å². The summed E-state index contributed by atoms with van der Waals surface area (Å²) in [6, 6.07) is 1.66. The fourth-order valence-electron chi connectivity index (χ4n) is 2.06. The quantitative estimate of drug-likeness (QED) is 0.673. The van der Waals surface area contributed by atoms with E-state index in [2.05, 4.69) is 0 Å². The summed E-state index contributed by atoms with van der Waals surface area (Å²) < 4.78 is 15.7. The number of ketones is 1. The van der Waals surface area contributed by atoms with E-state index in [9.17, 15) is 9.90 Å². The van der Waals surface area contributed by atoms with E-state index in [1.807, 2.05) is 0 Å². The molecule has 1 N–H and O–H groups in total. The molecule has 0 aliphatic carbocycles. The Bertz CT molecular complexity index is 700. The molecule has 0 saturated heterocycles. The van der Waals surface area contributed by atoms with Gasteiger partial charge in [0.1, 0.15) is 11.3 Å². The molecule has 0 bridgehead atoms. The Labute approximate surface area is 122 Å². The standard InChI is InChI=1S/C15H17NO5/c1-16(2)7-5-10(17)11-12(18)15(20-4)14-9(6-8-21-14)13(11)19-3/h5-8,18H,1-4H3. The maximum atomic E-state index is 12.3. The lowest BCUT2D eigenvalue weighted by atomic mass is 10.0. The zero-order valence-corrected chi connectivity index (χ0v) is 12.3. The van der Waals surface area contributed by atoms with Gasteiger partial charge in [0, 0.05) is 26.4 Å². The molecule has 0 unspecified atom stereocenters. The second kappa shape index (κ2) is 5.78. The SMILES string of the molecule is COc1c(C(=O)C=CN(C)C)c(O)c(OC)c2occc12. The number of hydrogen-bond donors (Lipinski definition) is 1. The van der Waals surface area contributed by atoms with E-state index in [0.717, 1.165) is 0 Å². The van der Waals surface area contributed by atoms with Gasteiger partial charge in [0.05, 0.1) is 25.9 Å². The summed E-state index contributed by atoms with van der Waals surface area (Å²) in [5.41, 5.74) is 0.376. The van der Waals surface area contributed by atoms with Gasteiger partial charge in [-0.15, -0.1) is 0 Å². The molecule has 2 aromatic rings. The van der Waals surface area contributed by atoms with E-state index in [0.29, 0.717) is 11.0 Å². The molecular weight excluding hydrogens is 274 g/mol. The maximum Gasteiger partial charge on any atom is 0.205 e. The number of phenolic OH excluding ortho intramolecular Hbond substituents is 1. The first kappa shape index (κ1) is 14.8. The number of phenols is 1. The van der Waals surface area contributed by atoms with Crippen LogP contribution in [0.2, 0.25) is 0 Å². The lowest BCUT2D eigenvalue weighted by Crippen LogP contribution is -2.05. The Morgan fingerprint density at radius 2 is 1.95 bits per heavy atom. The predicted molar refractivity (Wildman–Crippen MR) is 78.1 cm³/mol. The van der Waals surface area contributed by atoms with Crippen molar-refractivity contribution in [2.45, 2.75) is 0 Å². The Hall–Kier alpha value is -2.63. The summed E-state index contributed by atoms with van der Waals surface area (Å²) in [4.78, 5) is 14.1. The number of carbonyl (C=O) groups excluding carboxylic acids is 1. The topological polar surface area (TPSA) is 72.1 Å². The zero-order valence-electron chi connectivity index (χ0n) is 12.3. The first-order valence-corrected chi connectivity index (χ1v) is 6.24. The third kappa shape index (κ3) is 2.52. The average Bonchev–Trinajstić information content (AvgIpc) is 2.92. The summed E-state index contributed by atoms with van der Waals surface area (Å²) in [5.74, 6) is -0.326. The number of allylic oxidation sites excluding steroid dienone is 1. The molecule has 1 aromatic carbocycles. The van der Waals surface area contributed by atoms with Gasteiger partial charge in [0.2, 0.25) is 5.75 Å². The van der Waals surface area contributed by atoms with E-state index in [-0.39, 0.29) is 28.6 Å². The highest BCUT2D eigenvalue weighted by Gasteiger charge is 2.26. The van der Waals surface area contributed by atoms with Crippen LogP contribution in [-0.2, 0) is 0 Å². The highest BCUT2D eigenvalue weighted by molar-refractivity contribution is 6.13. The highest BCUT2D eigenvalue weighted by Crippen LogP contribution is 2.45. The Kier molecular flexibility index (Phi) is 4.07. The van der Waals surface area contributed by atoms with Crippen molar-refractivity contribution in [1.82, 2.24) is 4.90 Å². The second-order valence-electron chi connectivity index (χ2n) is 4.60. The van der Waals surface area contributed by atoms with Crippen LogP contribution in [0.15, 0.2) is 29.0 Å². The van der Waals surface area contributed by atoms with Gasteiger partial charge in [-0.25, -0.2) is 0 Å². The van der Waals surface area contributed by atoms with E-state index in [4.69, 9.17) is 13.9 Å². The van der Waals surface area contributed by atoms with Crippen LogP contribution in [0.3, 0.4) is 0 Å². The summed E-state index contributed by atoms with van der Waals surface area (Å²) in [6.07, 6.45) is 4.38. The fourth-order valence-corrected chi connectivity index (χ4v) is 2.06. The number of rotatable bonds is 5. The van der Waals surface area contributed by atoms with Gasteiger partial charge in [-0.3, -0.25) is 4.79 Å². The Morgan fingerprint density at radius 3 is 2.52 bits per heavy atom. The minimum atomic E-state index is -0.389. The normalized spacial score (nSPS) is 11.0. The molecule has 6 heteroatoms. The molecule has 0 amide bonds. The van der Waals surface area contributed by atoms with Crippen LogP contribution < -0.4 is 9.47 Å². The van der Waals surface area contributed by atoms with Crippen LogP contribution >= 0.6 is 0 Å². The molecule has 1 aromatic heterocycles. The maximum absolute atomic E-state index is 12.3. The first-order valence-electron chi connectivity index (χ1n) is 6.24. The van der Waals surface area contributed by atoms with E-state index < -0.39 is 0 Å². The fraction of sp³-hybridized carbons (Fsp3) is 0.267. The molecule has 0 radical (unpaired) electrons. The number of methoxy groups -OCH3 is 2. The predicted octanol–water partition coefficient (Wildman–Crippen LogP) is 2.41. The average molecular weight is 291 g/mol. The summed E-state index contributed by atoms with van der Waals surface area (Å²) in [7, 11) is 6.41. The van der Waals surface area contributed by atoms with Gasteiger partial charge in [-0.2, -0.15) is 0 Å². The Morgan fingerprint density at radius 1 is 1.29 bits per heavy atom. The van der Waals surface area contributed by atoms with Crippen molar-refractivity contribution in [1.29, 1.82) is 0 Å². The van der Waals surface area contributed by atoms with E-state index in [1.165, 1.54) is 26.6 Å². The van der Waals surface area contributed by atoms with Gasteiger partial charge < -0.3 is 23.9 Å². The van der Waals surface area contributed by atoms with Crippen LogP contribution in [-0.4, -0.2) is 44.1 Å². The number of fused-ring (bicyclic) bond motifs is 1. The first-order chi connectivity index (χ1) is 10.0. The summed E-state index contributed by atoms with van der Waals surface area (Å²) in [6.45, 7) is 0. The van der Waals surface area contributed by atoms with Crippen molar-refractivity contribution < 1.29 is 23.8 Å². The molecule has 2 rings (SSSR count). The lowest BCUT2D eigenvalue weighted by molar-refractivity contribution is 0.104. The van der Waals surface area contributed by atoms with E-state index >= 15 is 0 Å². The smallest absolute Gasteiger partial charge is 0.205 e. The third-order valence-electron chi connectivity index (χ3n) is 2.97. The zero-order chi connectivity index (χ0) is 15.6. The van der Waals surface area contributed by atoms with Crippen LogP contribution in [0.25, 0.3) is 11.0 Å². The number of carbonyl (C=O) groups is 1. The van der Waals surface area contributed by atoms with Gasteiger partial charge in [-0.05, 0) is 6.07 Å². The number of aromatic hydroxyl groups is 1. The van der Waals surface area contributed by atoms with Crippen LogP contribution in [0, 0.1) is 0 Å². The van der Waals surface area contributed by atoms with Crippen molar-refractivity contribution in [2.24, 2.45) is 0 Å². The minimum absolute atomic E-state index is 0.0429. The van der Waals surface area contributed by atoms with Gasteiger partial charge >= 0.3 is 0 Å². The highest BCUT2D eigenvalue weighted by atomic mass is 16.5. The molecule has 0 aliphatic heterocycles. The third-order valence-corrected chi connectivity index (χ3v) is 2.97. The molecule has 0 aliphatic rings. The van der Waals surface area contributed by atoms with Gasteiger partial charge in [-0.1, -0.05) is 0 Å². The van der Waals surface area contributed by atoms with Crippen LogP contribution in [0.5, 0.6) is 17.2 Å². The minimum Gasteiger partial charge on any atom is -0.504 e. The number of ether oxygens (including phenoxy) is 2. The molecule has 0 saturated carbocycles.